The Balaban J connectivity index is 2.18. The van der Waals surface area contributed by atoms with Crippen LogP contribution in [0.3, 0.4) is 0 Å². The summed E-state index contributed by atoms with van der Waals surface area (Å²) in [6.07, 6.45) is 0. The molecule has 0 aliphatic rings. The maximum atomic E-state index is 12.8. The van der Waals surface area contributed by atoms with Gasteiger partial charge in [-0.05, 0) is 17.7 Å². The lowest BCUT2D eigenvalue weighted by Crippen LogP contribution is -2.13. The second-order valence-corrected chi connectivity index (χ2v) is 3.60. The Morgan fingerprint density at radius 2 is 2.12 bits per heavy atom. The van der Waals surface area contributed by atoms with Crippen molar-refractivity contribution in [3.8, 4) is 0 Å². The number of nitrogens with two attached hydrogens (primary N) is 1. The molecule has 2 aromatic rings. The van der Waals surface area contributed by atoms with E-state index in [1.807, 2.05) is 0 Å². The third kappa shape index (κ3) is 2.66. The number of halogens is 1. The van der Waals surface area contributed by atoms with Gasteiger partial charge in [-0.15, -0.1) is 0 Å². The van der Waals surface area contributed by atoms with Crippen LogP contribution in [-0.2, 0) is 11.3 Å². The Kier molecular flexibility index (Phi) is 3.46. The zero-order valence-electron chi connectivity index (χ0n) is 9.35. The number of aromatic amines is 1. The number of rotatable bonds is 4. The van der Waals surface area contributed by atoms with Gasteiger partial charge in [0.15, 0.2) is 11.6 Å². The first-order valence-corrected chi connectivity index (χ1v) is 5.12. The van der Waals surface area contributed by atoms with Crippen LogP contribution in [0.2, 0.25) is 0 Å². The van der Waals surface area contributed by atoms with E-state index in [2.05, 4.69) is 15.2 Å². The van der Waals surface area contributed by atoms with Crippen LogP contribution in [0.1, 0.15) is 23.3 Å². The Morgan fingerprint density at radius 3 is 2.76 bits per heavy atom. The van der Waals surface area contributed by atoms with Gasteiger partial charge in [-0.3, -0.25) is 5.10 Å². The van der Waals surface area contributed by atoms with Crippen LogP contribution in [-0.4, -0.2) is 22.3 Å². The number of aromatic nitrogens is 3. The maximum Gasteiger partial charge on any atom is 0.171 e. The van der Waals surface area contributed by atoms with E-state index in [4.69, 9.17) is 10.5 Å². The first-order chi connectivity index (χ1) is 8.20. The van der Waals surface area contributed by atoms with E-state index < -0.39 is 6.04 Å². The lowest BCUT2D eigenvalue weighted by molar-refractivity contribution is 0.178. The summed E-state index contributed by atoms with van der Waals surface area (Å²) in [6, 6.07) is 5.48. The summed E-state index contributed by atoms with van der Waals surface area (Å²) < 4.78 is 17.7. The van der Waals surface area contributed by atoms with Gasteiger partial charge >= 0.3 is 0 Å². The quantitative estimate of drug-likeness (QED) is 0.834. The van der Waals surface area contributed by atoms with E-state index in [9.17, 15) is 4.39 Å². The van der Waals surface area contributed by atoms with Crippen molar-refractivity contribution in [3.05, 3.63) is 47.3 Å². The molecule has 17 heavy (non-hydrogen) atoms. The molecule has 1 atom stereocenters. The maximum absolute atomic E-state index is 12.8. The molecule has 1 aromatic heterocycles. The molecule has 0 spiro atoms. The summed E-state index contributed by atoms with van der Waals surface area (Å²) in [5.74, 6) is 0.778. The molecule has 0 saturated carbocycles. The SMILES string of the molecule is COCc1nc([C@@H](N)c2ccc(F)cc2)n[nH]1. The highest BCUT2D eigenvalue weighted by Gasteiger charge is 2.14. The summed E-state index contributed by atoms with van der Waals surface area (Å²) in [6.45, 7) is 0.350. The minimum absolute atomic E-state index is 0.295. The fraction of sp³-hybridized carbons (Fsp3) is 0.273. The molecule has 1 heterocycles. The summed E-state index contributed by atoms with van der Waals surface area (Å²) in [7, 11) is 1.57. The summed E-state index contributed by atoms with van der Waals surface area (Å²) in [5.41, 5.74) is 6.73. The van der Waals surface area contributed by atoms with Crippen LogP contribution in [0.15, 0.2) is 24.3 Å². The predicted octanol–water partition coefficient (Wildman–Crippen LogP) is 1.14. The number of ether oxygens (including phenoxy) is 1. The fourth-order valence-corrected chi connectivity index (χ4v) is 1.47. The Labute approximate surface area is 97.8 Å². The molecule has 0 amide bonds. The third-order valence-electron chi connectivity index (χ3n) is 2.34. The molecular formula is C11H13FN4O. The molecule has 0 saturated heterocycles. The first-order valence-electron chi connectivity index (χ1n) is 5.12. The predicted molar refractivity (Wildman–Crippen MR) is 59.5 cm³/mol. The molecule has 3 N–H and O–H groups in total. The molecule has 6 heteroatoms. The van der Waals surface area contributed by atoms with Crippen LogP contribution < -0.4 is 5.73 Å². The van der Waals surface area contributed by atoms with Crippen LogP contribution in [0.25, 0.3) is 0 Å². The number of hydrogen-bond acceptors (Lipinski definition) is 4. The molecule has 0 radical (unpaired) electrons. The highest BCUT2D eigenvalue weighted by atomic mass is 19.1. The average molecular weight is 236 g/mol. The lowest BCUT2D eigenvalue weighted by Gasteiger charge is -2.07. The average Bonchev–Trinajstić information content (AvgIpc) is 2.78. The van der Waals surface area contributed by atoms with E-state index in [-0.39, 0.29) is 5.82 Å². The van der Waals surface area contributed by atoms with Crippen molar-refractivity contribution in [2.75, 3.05) is 7.11 Å². The second-order valence-electron chi connectivity index (χ2n) is 3.60. The zero-order valence-corrected chi connectivity index (χ0v) is 9.35. The molecule has 0 bridgehead atoms. The van der Waals surface area contributed by atoms with Crippen molar-refractivity contribution < 1.29 is 9.13 Å². The van der Waals surface area contributed by atoms with Gasteiger partial charge < -0.3 is 10.5 Å². The van der Waals surface area contributed by atoms with Crippen LogP contribution in [0.4, 0.5) is 4.39 Å². The van der Waals surface area contributed by atoms with Crippen molar-refractivity contribution >= 4 is 0 Å². The van der Waals surface area contributed by atoms with Gasteiger partial charge in [-0.2, -0.15) is 5.10 Å². The number of nitrogens with one attached hydrogen (secondary N) is 1. The van der Waals surface area contributed by atoms with Gasteiger partial charge in [0.1, 0.15) is 12.4 Å². The van der Waals surface area contributed by atoms with Gasteiger partial charge in [0.05, 0.1) is 6.04 Å². The number of nitrogens with zero attached hydrogens (tertiary/aromatic N) is 2. The summed E-state index contributed by atoms with van der Waals surface area (Å²) in [5, 5.41) is 6.73. The zero-order chi connectivity index (χ0) is 12.3. The van der Waals surface area contributed by atoms with E-state index in [0.717, 1.165) is 5.56 Å². The molecular weight excluding hydrogens is 223 g/mol. The van der Waals surface area contributed by atoms with Gasteiger partial charge in [-0.25, -0.2) is 9.37 Å². The highest BCUT2D eigenvalue weighted by molar-refractivity contribution is 5.24. The largest absolute Gasteiger partial charge is 0.377 e. The van der Waals surface area contributed by atoms with E-state index in [0.29, 0.717) is 18.3 Å². The Bertz CT molecular complexity index is 482. The first kappa shape index (κ1) is 11.7. The summed E-state index contributed by atoms with van der Waals surface area (Å²) >= 11 is 0. The van der Waals surface area contributed by atoms with Gasteiger partial charge in [-0.1, -0.05) is 12.1 Å². The number of hydrogen-bond donors (Lipinski definition) is 2. The van der Waals surface area contributed by atoms with E-state index >= 15 is 0 Å². The van der Waals surface area contributed by atoms with Gasteiger partial charge in [0.2, 0.25) is 0 Å². The van der Waals surface area contributed by atoms with Crippen molar-refractivity contribution in [3.63, 3.8) is 0 Å². The smallest absolute Gasteiger partial charge is 0.171 e. The van der Waals surface area contributed by atoms with Crippen molar-refractivity contribution in [2.45, 2.75) is 12.6 Å². The number of H-pyrrole nitrogens is 1. The molecule has 0 aliphatic carbocycles. The molecule has 2 rings (SSSR count). The van der Waals surface area contributed by atoms with Crippen LogP contribution >= 0.6 is 0 Å². The van der Waals surface area contributed by atoms with E-state index in [1.54, 1.807) is 19.2 Å². The molecule has 1 aromatic carbocycles. The van der Waals surface area contributed by atoms with Crippen molar-refractivity contribution in [2.24, 2.45) is 5.73 Å². The molecule has 0 aliphatic heterocycles. The standard InChI is InChI=1S/C11H13FN4O/c1-17-6-9-14-11(16-15-9)10(13)7-2-4-8(12)5-3-7/h2-5,10H,6,13H2,1H3,(H,14,15,16)/t10-/m0/s1. The van der Waals surface area contributed by atoms with Gasteiger partial charge in [0.25, 0.3) is 0 Å². The summed E-state index contributed by atoms with van der Waals surface area (Å²) in [4.78, 5) is 4.19. The third-order valence-corrected chi connectivity index (χ3v) is 2.34. The molecule has 90 valence electrons. The monoisotopic (exact) mass is 236 g/mol. The number of methoxy groups -OCH3 is 1. The molecule has 0 unspecified atom stereocenters. The minimum Gasteiger partial charge on any atom is -0.377 e. The Morgan fingerprint density at radius 1 is 1.41 bits per heavy atom. The van der Waals surface area contributed by atoms with Gasteiger partial charge in [0, 0.05) is 7.11 Å². The van der Waals surface area contributed by atoms with Crippen molar-refractivity contribution in [1.82, 2.24) is 15.2 Å². The second kappa shape index (κ2) is 5.03. The normalized spacial score (nSPS) is 12.6. The minimum atomic E-state index is -0.475. The van der Waals surface area contributed by atoms with E-state index in [1.165, 1.54) is 12.1 Å². The Hall–Kier alpha value is -1.79. The number of benzene rings is 1. The highest BCUT2D eigenvalue weighted by Crippen LogP contribution is 2.16. The molecule has 0 fully saturated rings. The fourth-order valence-electron chi connectivity index (χ4n) is 1.47. The molecule has 5 nitrogen and oxygen atoms in total. The van der Waals surface area contributed by atoms with Crippen LogP contribution in [0.5, 0.6) is 0 Å². The lowest BCUT2D eigenvalue weighted by atomic mass is 10.1. The van der Waals surface area contributed by atoms with Crippen molar-refractivity contribution in [1.29, 1.82) is 0 Å². The topological polar surface area (TPSA) is 76.8 Å². The van der Waals surface area contributed by atoms with Crippen LogP contribution in [0, 0.1) is 5.82 Å².